The zero-order valence-electron chi connectivity index (χ0n) is 61.8. The summed E-state index contributed by atoms with van der Waals surface area (Å²) in [5, 5.41) is 10.6. The summed E-state index contributed by atoms with van der Waals surface area (Å²) in [4.78, 5) is 72.8. The predicted molar refractivity (Wildman–Crippen MR) is 386 cm³/mol. The van der Waals surface area contributed by atoms with Crippen LogP contribution in [0, 0.1) is 5.92 Å². The lowest BCUT2D eigenvalue weighted by atomic mass is 9.99. The van der Waals surface area contributed by atoms with Crippen molar-refractivity contribution in [1.82, 2.24) is 0 Å². The second-order valence-corrected chi connectivity index (χ2v) is 30.5. The molecule has 0 saturated heterocycles. The van der Waals surface area contributed by atoms with Crippen LogP contribution in [0.4, 0.5) is 0 Å². The zero-order valence-corrected chi connectivity index (χ0v) is 63.6. The highest BCUT2D eigenvalue weighted by Crippen LogP contribution is 2.45. The molecule has 564 valence electrons. The molecule has 0 rings (SSSR count). The molecule has 0 aliphatic carbocycles. The van der Waals surface area contributed by atoms with Crippen LogP contribution in [0.2, 0.25) is 0 Å². The predicted octanol–water partition coefficient (Wildman–Crippen LogP) is 22.5. The van der Waals surface area contributed by atoms with E-state index in [9.17, 15) is 43.2 Å². The third kappa shape index (κ3) is 69.0. The number of phosphoric ester groups is 2. The van der Waals surface area contributed by atoms with Gasteiger partial charge in [-0.2, -0.15) is 0 Å². The SMILES string of the molecule is CCCCCCCCCCCCCCCCCCCCCC(=O)O[C@H](COC(=O)CCCCCCCCCCCCC(C)CC)COP(=O)(O)OC[C@@H](O)COP(=O)(O)OC[C@@H](COC(=O)CCCCCCCCCCCCC)OC(=O)CCCCCCCCCCCCC. The Labute approximate surface area is 581 Å². The Morgan fingerprint density at radius 2 is 0.505 bits per heavy atom. The summed E-state index contributed by atoms with van der Waals surface area (Å²) in [5.74, 6) is -1.30. The van der Waals surface area contributed by atoms with E-state index in [1.807, 2.05) is 0 Å². The van der Waals surface area contributed by atoms with Crippen molar-refractivity contribution in [2.24, 2.45) is 5.92 Å². The van der Waals surface area contributed by atoms with E-state index in [4.69, 9.17) is 37.0 Å². The van der Waals surface area contributed by atoms with Gasteiger partial charge in [0.05, 0.1) is 26.4 Å². The summed E-state index contributed by atoms with van der Waals surface area (Å²) in [6.45, 7) is 7.32. The molecule has 3 unspecified atom stereocenters. The summed E-state index contributed by atoms with van der Waals surface area (Å²) >= 11 is 0. The molecule has 19 heteroatoms. The summed E-state index contributed by atoms with van der Waals surface area (Å²) in [7, 11) is -9.91. The van der Waals surface area contributed by atoms with E-state index < -0.39 is 97.5 Å². The first-order chi connectivity index (χ1) is 46.1. The summed E-state index contributed by atoms with van der Waals surface area (Å²) in [6.07, 6.45) is 58.1. The number of esters is 4. The first-order valence-electron chi connectivity index (χ1n) is 39.7. The number of unbranched alkanes of at least 4 members (excludes halogenated alkanes) is 47. The van der Waals surface area contributed by atoms with Crippen molar-refractivity contribution in [2.45, 2.75) is 419 Å². The maximum Gasteiger partial charge on any atom is 0.472 e. The van der Waals surface area contributed by atoms with Crippen LogP contribution in [0.15, 0.2) is 0 Å². The number of rotatable bonds is 76. The van der Waals surface area contributed by atoms with Crippen molar-refractivity contribution in [3.05, 3.63) is 0 Å². The fraction of sp³-hybridized carbons (Fsp3) is 0.947. The molecule has 6 atom stereocenters. The third-order valence-electron chi connectivity index (χ3n) is 18.1. The Hall–Kier alpha value is -1.94. The van der Waals surface area contributed by atoms with Crippen LogP contribution < -0.4 is 0 Å². The summed E-state index contributed by atoms with van der Waals surface area (Å²) in [6, 6.07) is 0. The van der Waals surface area contributed by atoms with Crippen LogP contribution in [0.5, 0.6) is 0 Å². The monoisotopic (exact) mass is 1400 g/mol. The second-order valence-electron chi connectivity index (χ2n) is 27.6. The minimum Gasteiger partial charge on any atom is -0.462 e. The Morgan fingerprint density at radius 3 is 0.747 bits per heavy atom. The largest absolute Gasteiger partial charge is 0.472 e. The fourth-order valence-electron chi connectivity index (χ4n) is 11.7. The van der Waals surface area contributed by atoms with Gasteiger partial charge in [-0.25, -0.2) is 9.13 Å². The van der Waals surface area contributed by atoms with E-state index in [-0.39, 0.29) is 25.7 Å². The standard InChI is InChI=1S/C76H148O17P2/c1-6-10-13-16-19-22-25-26-27-28-29-30-31-32-35-42-47-52-57-62-76(81)93-72(66-87-74(79)60-55-50-45-40-37-36-38-43-48-53-58-69(5)9-4)68-91-95(84,85)89-64-70(77)63-88-94(82,83)90-67-71(92-75(80)61-56-51-46-41-34-24-21-18-15-12-8-3)65-86-73(78)59-54-49-44-39-33-23-20-17-14-11-7-2/h69-72,77H,6-68H2,1-5H3,(H,82,83)(H,84,85)/t69?,70-,71+,72+/m0/s1. The molecule has 17 nitrogen and oxygen atoms in total. The molecular formula is C76H148O17P2. The third-order valence-corrected chi connectivity index (χ3v) is 20.0. The minimum absolute atomic E-state index is 0.107. The summed E-state index contributed by atoms with van der Waals surface area (Å²) < 4.78 is 68.5. The number of aliphatic hydroxyl groups is 1. The molecule has 0 spiro atoms. The quantitative estimate of drug-likeness (QED) is 0.0222. The molecule has 0 aromatic carbocycles. The number of phosphoric acid groups is 2. The lowest BCUT2D eigenvalue weighted by molar-refractivity contribution is -0.161. The molecule has 0 aliphatic heterocycles. The Kier molecular flexibility index (Phi) is 67.7. The molecule has 95 heavy (non-hydrogen) atoms. The molecule has 0 heterocycles. The number of carbonyl (C=O) groups is 4. The molecule has 0 amide bonds. The highest BCUT2D eigenvalue weighted by atomic mass is 31.2. The van der Waals surface area contributed by atoms with Crippen LogP contribution in [-0.2, 0) is 65.4 Å². The van der Waals surface area contributed by atoms with Gasteiger partial charge in [0.2, 0.25) is 0 Å². The van der Waals surface area contributed by atoms with E-state index >= 15 is 0 Å². The topological polar surface area (TPSA) is 237 Å². The van der Waals surface area contributed by atoms with E-state index in [2.05, 4.69) is 34.6 Å². The van der Waals surface area contributed by atoms with E-state index in [1.54, 1.807) is 0 Å². The number of hydrogen-bond donors (Lipinski definition) is 3. The smallest absolute Gasteiger partial charge is 0.462 e. The molecule has 0 bridgehead atoms. The van der Waals surface area contributed by atoms with Crippen LogP contribution in [0.3, 0.4) is 0 Å². The lowest BCUT2D eigenvalue weighted by Gasteiger charge is -2.21. The molecule has 0 saturated carbocycles. The molecule has 0 aliphatic rings. The number of hydrogen-bond acceptors (Lipinski definition) is 15. The van der Waals surface area contributed by atoms with Gasteiger partial charge < -0.3 is 33.8 Å². The van der Waals surface area contributed by atoms with Crippen molar-refractivity contribution in [3.8, 4) is 0 Å². The second kappa shape index (κ2) is 69.2. The van der Waals surface area contributed by atoms with Crippen molar-refractivity contribution >= 4 is 39.5 Å². The average Bonchev–Trinajstić information content (AvgIpc) is 2.60. The van der Waals surface area contributed by atoms with Gasteiger partial charge in [-0.05, 0) is 31.6 Å². The molecule has 0 fully saturated rings. The van der Waals surface area contributed by atoms with Gasteiger partial charge in [-0.3, -0.25) is 37.3 Å². The van der Waals surface area contributed by atoms with Crippen molar-refractivity contribution < 1.29 is 80.2 Å². The van der Waals surface area contributed by atoms with Gasteiger partial charge in [0.1, 0.15) is 19.3 Å². The molecular weight excluding hydrogens is 1250 g/mol. The van der Waals surface area contributed by atoms with Crippen LogP contribution in [0.1, 0.15) is 401 Å². The highest BCUT2D eigenvalue weighted by Gasteiger charge is 2.30. The van der Waals surface area contributed by atoms with Gasteiger partial charge in [0, 0.05) is 25.7 Å². The average molecular weight is 1400 g/mol. The zero-order chi connectivity index (χ0) is 69.8. The van der Waals surface area contributed by atoms with Crippen molar-refractivity contribution in [3.63, 3.8) is 0 Å². The maximum atomic E-state index is 13.1. The lowest BCUT2D eigenvalue weighted by Crippen LogP contribution is -2.30. The van der Waals surface area contributed by atoms with Gasteiger partial charge in [-0.1, -0.05) is 349 Å². The molecule has 0 aromatic heterocycles. The first kappa shape index (κ1) is 93.1. The number of carbonyl (C=O) groups excluding carboxylic acids is 4. The van der Waals surface area contributed by atoms with Crippen LogP contribution in [0.25, 0.3) is 0 Å². The first-order valence-corrected chi connectivity index (χ1v) is 42.7. The van der Waals surface area contributed by atoms with E-state index in [1.165, 1.54) is 225 Å². The Bertz CT molecular complexity index is 1820. The minimum atomic E-state index is -4.96. The van der Waals surface area contributed by atoms with Crippen molar-refractivity contribution in [1.29, 1.82) is 0 Å². The molecule has 0 radical (unpaired) electrons. The van der Waals surface area contributed by atoms with Gasteiger partial charge >= 0.3 is 39.5 Å². The van der Waals surface area contributed by atoms with Gasteiger partial charge in [0.15, 0.2) is 12.2 Å². The van der Waals surface area contributed by atoms with E-state index in [0.717, 1.165) is 95.8 Å². The van der Waals surface area contributed by atoms with Crippen molar-refractivity contribution in [2.75, 3.05) is 39.6 Å². The fourth-order valence-corrected chi connectivity index (χ4v) is 13.3. The Balaban J connectivity index is 5.23. The van der Waals surface area contributed by atoms with Gasteiger partial charge in [-0.15, -0.1) is 0 Å². The van der Waals surface area contributed by atoms with E-state index in [0.29, 0.717) is 25.7 Å². The summed E-state index contributed by atoms with van der Waals surface area (Å²) in [5.41, 5.74) is 0. The Morgan fingerprint density at radius 1 is 0.295 bits per heavy atom. The number of aliphatic hydroxyl groups excluding tert-OH is 1. The van der Waals surface area contributed by atoms with Crippen LogP contribution >= 0.6 is 15.6 Å². The molecule has 0 aromatic rings. The number of ether oxygens (including phenoxy) is 4. The normalized spacial score (nSPS) is 14.2. The highest BCUT2D eigenvalue weighted by molar-refractivity contribution is 7.47. The van der Waals surface area contributed by atoms with Crippen LogP contribution in [-0.4, -0.2) is 96.7 Å². The van der Waals surface area contributed by atoms with Gasteiger partial charge in [0.25, 0.3) is 0 Å². The maximum absolute atomic E-state index is 13.1. The molecule has 3 N–H and O–H groups in total.